The second-order valence-corrected chi connectivity index (χ2v) is 35.8. The number of pyridine rings is 3. The molecule has 15 nitrogen and oxygen atoms in total. The van der Waals surface area contributed by atoms with E-state index >= 15 is 0 Å². The molecular formula is C83H63BCl4IN13O2P2PdS3. The Morgan fingerprint density at radius 3 is 1.15 bits per heavy atom. The largest absolute Gasteiger partial charge is 0.0622 e. The van der Waals surface area contributed by atoms with Crippen LogP contribution in [0.2, 0.25) is 10.3 Å². The van der Waals surface area contributed by atoms with Crippen molar-refractivity contribution in [1.29, 1.82) is 0 Å². The van der Waals surface area contributed by atoms with Crippen molar-refractivity contribution in [2.75, 3.05) is 5.32 Å². The van der Waals surface area contributed by atoms with Crippen LogP contribution in [0.25, 0.3) is 68.3 Å². The van der Waals surface area contributed by atoms with Crippen LogP contribution in [0, 0.1) is 17.5 Å². The summed E-state index contributed by atoms with van der Waals surface area (Å²) in [5.41, 5.74) is 7.91. The number of thiophene rings is 3. The molecule has 27 heteroatoms. The van der Waals surface area contributed by atoms with Crippen molar-refractivity contribution in [2.24, 2.45) is 0 Å². The van der Waals surface area contributed by atoms with E-state index < -0.39 is 23.0 Å². The number of hydrogen-bond acceptors (Lipinski definition) is 15. The average molecular weight is 1820 g/mol. The van der Waals surface area contributed by atoms with Crippen LogP contribution in [-0.4, -0.2) is 75.9 Å². The van der Waals surface area contributed by atoms with E-state index in [9.17, 15) is 0 Å². The second-order valence-electron chi connectivity index (χ2n) is 23.8. The monoisotopic (exact) mass is 1820 g/mol. The first-order chi connectivity index (χ1) is 53.8. The van der Waals surface area contributed by atoms with Gasteiger partial charge in [0.05, 0.1) is 42.4 Å². The summed E-state index contributed by atoms with van der Waals surface area (Å²) in [5, 5.41) is 46.9. The average Bonchev–Trinajstić information content (AvgIpc) is 1.62. The van der Waals surface area contributed by atoms with Gasteiger partial charge in [-0.05, 0) is 196 Å². The number of nitrogens with zero attached hydrogens (tertiary/aromatic N) is 12. The summed E-state index contributed by atoms with van der Waals surface area (Å²) in [6.45, 7) is 4.23. The fourth-order valence-corrected chi connectivity index (χ4v) is 19.7. The zero-order chi connectivity index (χ0) is 76.1. The number of fused-ring (bicyclic) bond motifs is 6. The molecule has 0 radical (unpaired) electrons. The standard InChI is InChI=1S/C21H17N5S.2C18H15P.C13H7ClN4S.C7H6BNO2S.C6H3ClIN3.2ClH.Pd/c1-13-3-4-16(9-14(13)2)24-20-5-6-21-23-11-17(26(21)25-20)18-10-15-7-8-22-12-19(15)27-18;2*1-4-10-16(11-5-1)19(17-12-6-2-7-13-17)18-14-8-3-9-15-18;14-12-1-2-13-16-6-9(18(13)17-12)10-5-8-3-4-15-7-11(8)19-10;10-8(11)7-3-5-1-2-9-4-6(5)12-7;7-4-1-2-6-9-3-5(8)11(6)10-4;;;/h3-12H,1-2H3,(H,24,25);2*1-15H;1-7H;1-4,10-11H;1-3H;2*1H;/q;;;;;;;;+2/p-2. The molecule has 0 fully saturated rings. The Bertz CT molecular complexity index is 5740. The van der Waals surface area contributed by atoms with Gasteiger partial charge in [-0.25, -0.2) is 28.5 Å². The fourth-order valence-electron chi connectivity index (χ4n) is 11.3. The molecule has 3 N–H and O–H groups in total. The summed E-state index contributed by atoms with van der Waals surface area (Å²) in [7, 11) is 7.36. The molecule has 0 saturated heterocycles. The number of imidazole rings is 3. The predicted octanol–water partition coefficient (Wildman–Crippen LogP) is 19.3. The normalized spacial score (nSPS) is 10.8. The van der Waals surface area contributed by atoms with Crippen molar-refractivity contribution in [3.05, 3.63) is 354 Å². The van der Waals surface area contributed by atoms with Crippen molar-refractivity contribution in [3.63, 3.8) is 0 Å². The van der Waals surface area contributed by atoms with E-state index in [1.54, 1.807) is 74.7 Å². The molecule has 0 unspecified atom stereocenters. The van der Waals surface area contributed by atoms with Gasteiger partial charge in [-0.15, -0.1) is 39.1 Å². The summed E-state index contributed by atoms with van der Waals surface area (Å²) in [6, 6.07) is 94.0. The molecule has 0 aliphatic heterocycles. The molecule has 0 aliphatic carbocycles. The molecule has 548 valence electrons. The molecule has 0 amide bonds. The number of benzene rings is 7. The number of nitrogens with one attached hydrogen (secondary N) is 1. The van der Waals surface area contributed by atoms with Gasteiger partial charge in [0.15, 0.2) is 22.8 Å². The van der Waals surface area contributed by atoms with Gasteiger partial charge >= 0.3 is 42.1 Å². The number of anilines is 2. The first-order valence-electron chi connectivity index (χ1n) is 33.8. The number of aryl methyl sites for hydroxylation is 2. The summed E-state index contributed by atoms with van der Waals surface area (Å²) in [4.78, 5) is 27.4. The molecule has 0 aliphatic rings. The third kappa shape index (κ3) is 20.5. The van der Waals surface area contributed by atoms with Crippen LogP contribution in [0.15, 0.2) is 329 Å². The Morgan fingerprint density at radius 2 is 0.764 bits per heavy atom. The maximum atomic E-state index is 8.87. The summed E-state index contributed by atoms with van der Waals surface area (Å²) in [5.74, 6) is 0.785. The van der Waals surface area contributed by atoms with Crippen LogP contribution >= 0.6 is 115 Å². The van der Waals surface area contributed by atoms with Crippen LogP contribution in [-0.2, 0) is 15.9 Å². The second kappa shape index (κ2) is 39.2. The Hall–Kier alpha value is -9.07. The van der Waals surface area contributed by atoms with Gasteiger partial charge in [0, 0.05) is 47.6 Å². The molecule has 19 aromatic rings. The van der Waals surface area contributed by atoms with Crippen molar-refractivity contribution < 1.29 is 26.0 Å². The van der Waals surface area contributed by atoms with Crippen LogP contribution in [0.5, 0.6) is 0 Å². The van der Waals surface area contributed by atoms with Gasteiger partial charge in [-0.2, -0.15) is 10.2 Å². The van der Waals surface area contributed by atoms with Crippen LogP contribution in [0.4, 0.5) is 11.5 Å². The molecule has 12 aromatic heterocycles. The fraction of sp³-hybridized carbons (Fsp3) is 0.0241. The van der Waals surface area contributed by atoms with Crippen LogP contribution in [0.3, 0.4) is 0 Å². The third-order valence-corrected chi connectivity index (χ3v) is 26.0. The van der Waals surface area contributed by atoms with E-state index in [-0.39, 0.29) is 15.9 Å². The van der Waals surface area contributed by atoms with Crippen LogP contribution < -0.4 is 41.9 Å². The summed E-state index contributed by atoms with van der Waals surface area (Å²) >= 11 is 18.4. The van der Waals surface area contributed by atoms with E-state index in [4.69, 9.17) is 57.4 Å². The van der Waals surface area contributed by atoms with Crippen molar-refractivity contribution in [3.8, 4) is 21.1 Å². The maximum Gasteiger partial charge on any atom is -0.0134 e. The van der Waals surface area contributed by atoms with Crippen LogP contribution in [0.1, 0.15) is 11.1 Å². The number of rotatable bonds is 11. The van der Waals surface area contributed by atoms with Gasteiger partial charge in [0.1, 0.15) is 25.4 Å². The van der Waals surface area contributed by atoms with Gasteiger partial charge in [0.2, 0.25) is 0 Å². The van der Waals surface area contributed by atoms with Crippen molar-refractivity contribution in [2.45, 2.75) is 13.8 Å². The van der Waals surface area contributed by atoms with Gasteiger partial charge in [-0.1, -0.05) is 211 Å². The Morgan fingerprint density at radius 1 is 0.400 bits per heavy atom. The molecule has 7 aromatic carbocycles. The quantitative estimate of drug-likeness (QED) is 0.0634. The topological polar surface area (TPSA) is 182 Å². The Kier molecular flexibility index (Phi) is 28.2. The molecular weight excluding hydrogens is 1760 g/mol. The Balaban J connectivity index is 0.000000118. The molecule has 110 heavy (non-hydrogen) atoms. The van der Waals surface area contributed by atoms with Crippen molar-refractivity contribution >= 4 is 217 Å². The molecule has 0 spiro atoms. The maximum absolute atomic E-state index is 8.87. The third-order valence-electron chi connectivity index (χ3n) is 16.6. The van der Waals surface area contributed by atoms with E-state index in [1.807, 2.05) is 78.0 Å². The first-order valence-corrected chi connectivity index (χ1v) is 44.8. The SMILES string of the molecule is Cc1ccc(Nc2ccc3ncc(-c4cc5ccncc5s4)n3n2)cc1C.Clc1ccc2ncc(-c3cc4ccncc4s3)n2n1.Clc1ccc2ncc(I)n2n1.OB(O)c1cc2ccncc2s1.[Cl][Pd][Cl].c1ccc(P(c2ccccc2)c2ccccc2)cc1.c1ccc(P(c2ccccc2)c2ccccc2)cc1. The van der Waals surface area contributed by atoms with E-state index in [1.165, 1.54) is 65.1 Å². The van der Waals surface area contributed by atoms with Gasteiger partial charge in [-0.3, -0.25) is 15.0 Å². The van der Waals surface area contributed by atoms with Gasteiger partial charge < -0.3 is 15.4 Å². The van der Waals surface area contributed by atoms with E-state index in [2.05, 4.69) is 294 Å². The minimum Gasteiger partial charge on any atom is -0.0622 e. The number of aromatic nitrogens is 12. The first kappa shape index (κ1) is 79.0. The number of hydrogen-bond donors (Lipinski definition) is 3. The smallest absolute Gasteiger partial charge is 0.0134 e. The van der Waals surface area contributed by atoms with Crippen molar-refractivity contribution in [1.82, 2.24) is 58.7 Å². The summed E-state index contributed by atoms with van der Waals surface area (Å²) in [6.07, 6.45) is 16.2. The predicted molar refractivity (Wildman–Crippen MR) is 470 cm³/mol. The zero-order valence-corrected chi connectivity index (χ0v) is 69.3. The molecule has 12 heterocycles. The minimum atomic E-state index is -1.37. The molecule has 0 saturated carbocycles. The van der Waals surface area contributed by atoms with E-state index in [0.717, 1.165) is 72.8 Å². The number of halogens is 5. The molecule has 0 atom stereocenters. The Labute approximate surface area is 689 Å². The van der Waals surface area contributed by atoms with Gasteiger partial charge in [0.25, 0.3) is 0 Å². The van der Waals surface area contributed by atoms with E-state index in [0.29, 0.717) is 15.1 Å². The minimum absolute atomic E-state index is 0.106. The molecule has 19 rings (SSSR count). The molecule has 0 bridgehead atoms. The zero-order valence-electron chi connectivity index (χ0n) is 58.3. The summed E-state index contributed by atoms with van der Waals surface area (Å²) < 4.78 is 10.1.